The first kappa shape index (κ1) is 20.5. The lowest BCUT2D eigenvalue weighted by Crippen LogP contribution is -2.54. The smallest absolute Gasteiger partial charge is 0.362 e. The van der Waals surface area contributed by atoms with Gasteiger partial charge in [-0.2, -0.15) is 28.5 Å². The highest BCUT2D eigenvalue weighted by molar-refractivity contribution is 6.09. The van der Waals surface area contributed by atoms with E-state index < -0.39 is 23.3 Å². The van der Waals surface area contributed by atoms with Crippen LogP contribution in [0.5, 0.6) is 0 Å². The Morgan fingerprint density at radius 2 is 2.09 bits per heavy atom. The van der Waals surface area contributed by atoms with E-state index in [1.54, 1.807) is 41.2 Å². The van der Waals surface area contributed by atoms with Crippen LogP contribution in [0.25, 0.3) is 0 Å². The second-order valence-electron chi connectivity index (χ2n) is 8.11. The van der Waals surface area contributed by atoms with Crippen LogP contribution in [0.1, 0.15) is 30.9 Å². The van der Waals surface area contributed by atoms with Gasteiger partial charge in [0.2, 0.25) is 0 Å². The summed E-state index contributed by atoms with van der Waals surface area (Å²) in [7, 11) is 1.76. The monoisotopic (exact) mass is 442 g/mol. The van der Waals surface area contributed by atoms with E-state index in [2.05, 4.69) is 20.6 Å². The number of anilines is 1. The van der Waals surface area contributed by atoms with Crippen LogP contribution in [-0.2, 0) is 23.4 Å². The first-order valence-electron chi connectivity index (χ1n) is 10.4. The summed E-state index contributed by atoms with van der Waals surface area (Å²) >= 11 is 0. The molecule has 10 heteroatoms. The third kappa shape index (κ3) is 2.89. The van der Waals surface area contributed by atoms with Crippen LogP contribution in [0.15, 0.2) is 69.8 Å². The maximum absolute atomic E-state index is 13.9. The lowest BCUT2D eigenvalue weighted by molar-refractivity contribution is -0.137. The molecule has 5 rings (SSSR count). The zero-order valence-corrected chi connectivity index (χ0v) is 17.5. The predicted molar refractivity (Wildman–Crippen MR) is 110 cm³/mol. The van der Waals surface area contributed by atoms with Crippen LogP contribution >= 0.6 is 0 Å². The van der Waals surface area contributed by atoms with Gasteiger partial charge in [0.25, 0.3) is 5.91 Å². The Morgan fingerprint density at radius 3 is 2.78 bits per heavy atom. The summed E-state index contributed by atoms with van der Waals surface area (Å²) in [6.07, 6.45) is -0.792. The molecule has 32 heavy (non-hydrogen) atoms. The molecule has 166 valence electrons. The Labute approximate surface area is 182 Å². The topological polar surface area (TPSA) is 74.9 Å². The number of halogens is 3. The van der Waals surface area contributed by atoms with Crippen LogP contribution in [0.3, 0.4) is 0 Å². The third-order valence-electron chi connectivity index (χ3n) is 6.44. The lowest BCUT2D eigenvalue weighted by atomic mass is 9.62. The first-order valence-corrected chi connectivity index (χ1v) is 10.4. The molecule has 0 radical (unpaired) electrons. The summed E-state index contributed by atoms with van der Waals surface area (Å²) in [6.45, 7) is 2.28. The average Bonchev–Trinajstić information content (AvgIpc) is 3.41. The number of benzene rings is 1. The number of rotatable bonds is 3. The van der Waals surface area contributed by atoms with Crippen LogP contribution in [-0.4, -0.2) is 28.4 Å². The van der Waals surface area contributed by atoms with Crippen molar-refractivity contribution in [3.63, 3.8) is 0 Å². The molecule has 1 amide bonds. The minimum atomic E-state index is -4.50. The zero-order valence-electron chi connectivity index (χ0n) is 17.5. The molecule has 0 aliphatic carbocycles. The number of amides is 1. The minimum Gasteiger partial charge on any atom is -0.362 e. The number of nitrogens with one attached hydrogen (secondary N) is 1. The summed E-state index contributed by atoms with van der Waals surface area (Å²) in [6, 6.07) is 6.97. The van der Waals surface area contributed by atoms with Crippen molar-refractivity contribution in [2.24, 2.45) is 17.3 Å². The number of carbonyl (C=O) groups excluding carboxylic acids is 1. The van der Waals surface area contributed by atoms with E-state index in [-0.39, 0.29) is 5.91 Å². The van der Waals surface area contributed by atoms with Gasteiger partial charge in [0.05, 0.1) is 22.8 Å². The molecule has 1 aromatic carbocycles. The number of aromatic nitrogens is 2. The number of alkyl halides is 3. The van der Waals surface area contributed by atoms with Gasteiger partial charge in [-0.1, -0.05) is 25.1 Å². The molecule has 1 N–H and O–H groups in total. The van der Waals surface area contributed by atoms with Gasteiger partial charge in [-0.25, -0.2) is 0 Å². The van der Waals surface area contributed by atoms with Crippen molar-refractivity contribution in [1.82, 2.24) is 15.1 Å². The molecule has 0 bridgehead atoms. The van der Waals surface area contributed by atoms with Gasteiger partial charge in [0, 0.05) is 43.5 Å². The van der Waals surface area contributed by atoms with Crippen molar-refractivity contribution in [2.75, 3.05) is 11.4 Å². The summed E-state index contributed by atoms with van der Waals surface area (Å²) in [4.78, 5) is 15.4. The second-order valence-corrected chi connectivity index (χ2v) is 8.11. The van der Waals surface area contributed by atoms with Crippen molar-refractivity contribution >= 4 is 11.7 Å². The Morgan fingerprint density at radius 1 is 1.28 bits per heavy atom. The first-order chi connectivity index (χ1) is 15.3. The van der Waals surface area contributed by atoms with Gasteiger partial charge < -0.3 is 5.32 Å². The standard InChI is InChI=1S/C22H21F3N6O/c1-3-21(13-5-4-6-14(11-13)22(23,24)25)15-12-26-28-19(15)27-16-7-10-31(20(32)18(16)21)17-8-9-30(2)29-17/h4-6,8-9,11-12,19,27H,3,7,10H2,1-2H3/t19?,21-/m0/s1. The van der Waals surface area contributed by atoms with Gasteiger partial charge in [0.1, 0.15) is 0 Å². The Balaban J connectivity index is 1.71. The highest BCUT2D eigenvalue weighted by Crippen LogP contribution is 2.51. The van der Waals surface area contributed by atoms with Crippen LogP contribution < -0.4 is 10.2 Å². The molecule has 0 fully saturated rings. The molecule has 0 saturated heterocycles. The van der Waals surface area contributed by atoms with Gasteiger partial charge in [0.15, 0.2) is 12.0 Å². The second kappa shape index (κ2) is 7.04. The molecular formula is C22H21F3N6O. The van der Waals surface area contributed by atoms with Crippen LogP contribution in [0.4, 0.5) is 19.0 Å². The molecule has 1 unspecified atom stereocenters. The number of fused-ring (bicyclic) bond motifs is 1. The Bertz CT molecular complexity index is 1190. The van der Waals surface area contributed by atoms with E-state index in [0.717, 1.165) is 12.1 Å². The van der Waals surface area contributed by atoms with Crippen molar-refractivity contribution in [2.45, 2.75) is 37.5 Å². The molecule has 0 spiro atoms. The van der Waals surface area contributed by atoms with Gasteiger partial charge in [-0.15, -0.1) is 0 Å². The zero-order chi connectivity index (χ0) is 22.7. The van der Waals surface area contributed by atoms with Gasteiger partial charge in [-0.3, -0.25) is 14.4 Å². The summed E-state index contributed by atoms with van der Waals surface area (Å²) < 4.78 is 42.3. The van der Waals surface area contributed by atoms with E-state index in [9.17, 15) is 18.0 Å². The highest BCUT2D eigenvalue weighted by atomic mass is 19.4. The predicted octanol–water partition coefficient (Wildman–Crippen LogP) is 4.06. The maximum atomic E-state index is 13.9. The van der Waals surface area contributed by atoms with E-state index >= 15 is 0 Å². The number of nitrogens with zero attached hydrogens (tertiary/aromatic N) is 5. The molecule has 3 aliphatic rings. The van der Waals surface area contributed by atoms with Gasteiger partial charge in [-0.05, 0) is 18.1 Å². The fourth-order valence-corrected chi connectivity index (χ4v) is 4.98. The molecule has 2 atom stereocenters. The van der Waals surface area contributed by atoms with E-state index in [4.69, 9.17) is 0 Å². The minimum absolute atomic E-state index is 0.275. The number of hydrogen-bond acceptors (Lipinski definition) is 5. The quantitative estimate of drug-likeness (QED) is 0.779. The van der Waals surface area contributed by atoms with Crippen molar-refractivity contribution in [3.05, 3.63) is 70.7 Å². The Kier molecular flexibility index (Phi) is 4.51. The number of azo groups is 1. The number of carbonyl (C=O) groups is 1. The van der Waals surface area contributed by atoms with E-state index in [1.165, 1.54) is 6.07 Å². The fourth-order valence-electron chi connectivity index (χ4n) is 4.98. The maximum Gasteiger partial charge on any atom is 0.416 e. The normalized spacial score (nSPS) is 24.9. The third-order valence-corrected chi connectivity index (χ3v) is 6.44. The summed E-state index contributed by atoms with van der Waals surface area (Å²) in [5, 5.41) is 15.9. The molecular weight excluding hydrogens is 421 g/mol. The average molecular weight is 442 g/mol. The summed E-state index contributed by atoms with van der Waals surface area (Å²) in [5.41, 5.74) is 0.381. The highest BCUT2D eigenvalue weighted by Gasteiger charge is 2.53. The lowest BCUT2D eigenvalue weighted by Gasteiger charge is -2.47. The van der Waals surface area contributed by atoms with Crippen molar-refractivity contribution < 1.29 is 18.0 Å². The molecule has 1 aromatic heterocycles. The molecule has 7 nitrogen and oxygen atoms in total. The molecule has 3 aliphatic heterocycles. The van der Waals surface area contributed by atoms with Crippen molar-refractivity contribution in [1.29, 1.82) is 0 Å². The Hall–Kier alpha value is -3.43. The molecule has 2 aromatic rings. The SMILES string of the molecule is CC[C@]1(c2cccc(C(F)(F)F)c2)C2=CN=NC2NC2=C1C(=O)N(c1ccn(C)n1)CC2. The number of aryl methyl sites for hydroxylation is 1. The fraction of sp³-hybridized carbons (Fsp3) is 0.364. The molecule has 4 heterocycles. The van der Waals surface area contributed by atoms with E-state index in [0.29, 0.717) is 47.6 Å². The van der Waals surface area contributed by atoms with Crippen LogP contribution in [0, 0.1) is 0 Å². The van der Waals surface area contributed by atoms with Crippen LogP contribution in [0.2, 0.25) is 0 Å². The van der Waals surface area contributed by atoms with E-state index in [1.807, 2.05) is 6.92 Å². The largest absolute Gasteiger partial charge is 0.416 e. The van der Waals surface area contributed by atoms with Gasteiger partial charge >= 0.3 is 6.18 Å². The summed E-state index contributed by atoms with van der Waals surface area (Å²) in [5.74, 6) is 0.234. The number of hydrogen-bond donors (Lipinski definition) is 1. The van der Waals surface area contributed by atoms with Crippen molar-refractivity contribution in [3.8, 4) is 0 Å². The molecule has 0 saturated carbocycles.